The molecule has 2 aromatic rings. The molecule has 0 radical (unpaired) electrons. The van der Waals surface area contributed by atoms with Gasteiger partial charge < -0.3 is 10.2 Å². The summed E-state index contributed by atoms with van der Waals surface area (Å²) in [5.74, 6) is 1.48. The van der Waals surface area contributed by atoms with Gasteiger partial charge in [-0.25, -0.2) is 9.67 Å². The predicted octanol–water partition coefficient (Wildman–Crippen LogP) is 2.18. The van der Waals surface area contributed by atoms with Crippen molar-refractivity contribution in [2.75, 3.05) is 31.5 Å². The lowest BCUT2D eigenvalue weighted by Gasteiger charge is -2.26. The van der Waals surface area contributed by atoms with E-state index in [1.165, 1.54) is 32.4 Å². The van der Waals surface area contributed by atoms with Crippen LogP contribution in [0.4, 0.5) is 5.95 Å². The van der Waals surface area contributed by atoms with E-state index in [0.717, 1.165) is 30.3 Å². The number of hydrogen-bond acceptors (Lipinski definition) is 5. The number of likely N-dealkylation sites (tertiary alicyclic amines) is 1. The summed E-state index contributed by atoms with van der Waals surface area (Å²) in [5.41, 5.74) is 2.08. The minimum Gasteiger partial charge on any atom is -0.353 e. The van der Waals surface area contributed by atoms with Crippen LogP contribution in [0.2, 0.25) is 0 Å². The molecule has 0 aromatic carbocycles. The van der Waals surface area contributed by atoms with Crippen LogP contribution in [0.15, 0.2) is 18.3 Å². The van der Waals surface area contributed by atoms with Crippen molar-refractivity contribution in [1.29, 1.82) is 0 Å². The zero-order chi connectivity index (χ0) is 15.4. The van der Waals surface area contributed by atoms with Crippen LogP contribution in [0.25, 0.3) is 5.82 Å². The summed E-state index contributed by atoms with van der Waals surface area (Å²) in [5, 5.41) is 7.79. The van der Waals surface area contributed by atoms with Crippen LogP contribution in [-0.2, 0) is 0 Å². The molecule has 0 amide bonds. The van der Waals surface area contributed by atoms with E-state index in [1.54, 1.807) is 6.20 Å². The molecular weight excluding hydrogens is 276 g/mol. The molecule has 1 fully saturated rings. The van der Waals surface area contributed by atoms with Crippen molar-refractivity contribution in [3.63, 3.8) is 0 Å². The average Bonchev–Trinajstić information content (AvgIpc) is 2.87. The topological polar surface area (TPSA) is 58.9 Å². The van der Waals surface area contributed by atoms with Crippen molar-refractivity contribution in [2.24, 2.45) is 0 Å². The van der Waals surface area contributed by atoms with Gasteiger partial charge in [-0.1, -0.05) is 6.42 Å². The Bertz CT molecular complexity index is 615. The summed E-state index contributed by atoms with van der Waals surface area (Å²) in [4.78, 5) is 11.4. The minimum absolute atomic E-state index is 0.669. The molecule has 2 aromatic heterocycles. The van der Waals surface area contributed by atoms with Crippen LogP contribution < -0.4 is 5.32 Å². The van der Waals surface area contributed by atoms with Gasteiger partial charge in [0.05, 0.1) is 5.69 Å². The van der Waals surface area contributed by atoms with Gasteiger partial charge in [0, 0.05) is 31.0 Å². The van der Waals surface area contributed by atoms with E-state index in [2.05, 4.69) is 25.3 Å². The molecule has 0 atom stereocenters. The fourth-order valence-corrected chi connectivity index (χ4v) is 2.92. The van der Waals surface area contributed by atoms with Crippen molar-refractivity contribution in [1.82, 2.24) is 24.6 Å². The lowest BCUT2D eigenvalue weighted by atomic mass is 10.1. The van der Waals surface area contributed by atoms with Crippen LogP contribution in [0, 0.1) is 13.8 Å². The molecule has 3 rings (SSSR count). The second-order valence-electron chi connectivity index (χ2n) is 5.91. The van der Waals surface area contributed by atoms with Gasteiger partial charge in [0.2, 0.25) is 5.95 Å². The summed E-state index contributed by atoms with van der Waals surface area (Å²) in [7, 11) is 0. The van der Waals surface area contributed by atoms with E-state index in [9.17, 15) is 0 Å². The van der Waals surface area contributed by atoms with Crippen molar-refractivity contribution >= 4 is 5.95 Å². The molecule has 118 valence electrons. The molecule has 1 aliphatic rings. The maximum atomic E-state index is 4.56. The third-order valence-electron chi connectivity index (χ3n) is 4.03. The highest BCUT2D eigenvalue weighted by Crippen LogP contribution is 2.11. The third-order valence-corrected chi connectivity index (χ3v) is 4.03. The quantitative estimate of drug-likeness (QED) is 0.917. The highest BCUT2D eigenvalue weighted by Gasteiger charge is 2.10. The Balaban J connectivity index is 1.60. The molecule has 1 N–H and O–H groups in total. The van der Waals surface area contributed by atoms with Gasteiger partial charge in [-0.2, -0.15) is 10.1 Å². The molecule has 3 heterocycles. The molecule has 0 spiro atoms. The Morgan fingerprint density at radius 3 is 2.73 bits per heavy atom. The van der Waals surface area contributed by atoms with Gasteiger partial charge in [0.15, 0.2) is 5.82 Å². The molecule has 22 heavy (non-hydrogen) atoms. The molecule has 0 unspecified atom stereocenters. The first-order valence-electron chi connectivity index (χ1n) is 8.05. The summed E-state index contributed by atoms with van der Waals surface area (Å²) in [6.07, 6.45) is 5.80. The lowest BCUT2D eigenvalue weighted by Crippen LogP contribution is -2.33. The van der Waals surface area contributed by atoms with Crippen molar-refractivity contribution in [2.45, 2.75) is 33.1 Å². The Hall–Kier alpha value is -1.95. The van der Waals surface area contributed by atoms with Gasteiger partial charge in [-0.05, 0) is 45.8 Å². The zero-order valence-corrected chi connectivity index (χ0v) is 13.4. The first kappa shape index (κ1) is 15.0. The Morgan fingerprint density at radius 1 is 1.18 bits per heavy atom. The fraction of sp³-hybridized carbons (Fsp3) is 0.562. The number of nitrogens with zero attached hydrogens (tertiary/aromatic N) is 5. The van der Waals surface area contributed by atoms with Crippen molar-refractivity contribution < 1.29 is 0 Å². The molecule has 0 aliphatic carbocycles. The number of nitrogens with one attached hydrogen (secondary N) is 1. The minimum atomic E-state index is 0.669. The number of anilines is 1. The van der Waals surface area contributed by atoms with Crippen molar-refractivity contribution in [3.05, 3.63) is 29.7 Å². The van der Waals surface area contributed by atoms with E-state index < -0.39 is 0 Å². The van der Waals surface area contributed by atoms with Crippen LogP contribution in [0.1, 0.15) is 30.7 Å². The molecule has 1 aliphatic heterocycles. The fourth-order valence-electron chi connectivity index (χ4n) is 2.92. The normalized spacial score (nSPS) is 15.9. The van der Waals surface area contributed by atoms with E-state index in [0.29, 0.717) is 5.95 Å². The first-order valence-corrected chi connectivity index (χ1v) is 8.05. The third kappa shape index (κ3) is 3.62. The number of aromatic nitrogens is 4. The second-order valence-corrected chi connectivity index (χ2v) is 5.91. The Morgan fingerprint density at radius 2 is 2.00 bits per heavy atom. The van der Waals surface area contributed by atoms with E-state index in [4.69, 9.17) is 0 Å². The van der Waals surface area contributed by atoms with Gasteiger partial charge in [0.1, 0.15) is 0 Å². The van der Waals surface area contributed by atoms with E-state index in [-0.39, 0.29) is 0 Å². The van der Waals surface area contributed by atoms with Crippen LogP contribution in [0.3, 0.4) is 0 Å². The highest BCUT2D eigenvalue weighted by atomic mass is 15.3. The predicted molar refractivity (Wildman–Crippen MR) is 87.4 cm³/mol. The number of piperidine rings is 1. The summed E-state index contributed by atoms with van der Waals surface area (Å²) >= 11 is 0. The molecular formula is C16H24N6. The number of rotatable bonds is 5. The van der Waals surface area contributed by atoms with Gasteiger partial charge in [-0.15, -0.1) is 0 Å². The molecule has 1 saturated heterocycles. The standard InChI is InChI=1S/C16H24N6/c1-13-12-14(2)22(20-13)15-6-7-17-16(19-15)18-8-11-21-9-4-3-5-10-21/h6-7,12H,3-5,8-11H2,1-2H3,(H,17,18,19). The number of hydrogen-bond donors (Lipinski definition) is 1. The Kier molecular flexibility index (Phi) is 4.68. The van der Waals surface area contributed by atoms with Crippen LogP contribution in [-0.4, -0.2) is 50.8 Å². The first-order chi connectivity index (χ1) is 10.7. The smallest absolute Gasteiger partial charge is 0.224 e. The van der Waals surface area contributed by atoms with Gasteiger partial charge in [-0.3, -0.25) is 0 Å². The summed E-state index contributed by atoms with van der Waals surface area (Å²) < 4.78 is 1.85. The molecule has 0 saturated carbocycles. The summed E-state index contributed by atoms with van der Waals surface area (Å²) in [6.45, 7) is 8.38. The molecule has 0 bridgehead atoms. The van der Waals surface area contributed by atoms with E-state index >= 15 is 0 Å². The summed E-state index contributed by atoms with van der Waals surface area (Å²) in [6, 6.07) is 3.93. The van der Waals surface area contributed by atoms with Gasteiger partial charge in [0.25, 0.3) is 0 Å². The van der Waals surface area contributed by atoms with Crippen molar-refractivity contribution in [3.8, 4) is 5.82 Å². The Labute approximate surface area is 131 Å². The maximum absolute atomic E-state index is 4.56. The van der Waals surface area contributed by atoms with E-state index in [1.807, 2.05) is 30.7 Å². The van der Waals surface area contributed by atoms with Crippen LogP contribution in [0.5, 0.6) is 0 Å². The maximum Gasteiger partial charge on any atom is 0.224 e. The average molecular weight is 300 g/mol. The second kappa shape index (κ2) is 6.87. The monoisotopic (exact) mass is 300 g/mol. The van der Waals surface area contributed by atoms with Crippen LogP contribution >= 0.6 is 0 Å². The number of aryl methyl sites for hydroxylation is 2. The highest BCUT2D eigenvalue weighted by molar-refractivity contribution is 5.33. The van der Waals surface area contributed by atoms with Gasteiger partial charge >= 0.3 is 0 Å². The largest absolute Gasteiger partial charge is 0.353 e. The lowest BCUT2D eigenvalue weighted by molar-refractivity contribution is 0.237. The zero-order valence-electron chi connectivity index (χ0n) is 13.4. The molecule has 6 nitrogen and oxygen atoms in total. The SMILES string of the molecule is Cc1cc(C)n(-c2ccnc(NCCN3CCCCC3)n2)n1. The molecule has 6 heteroatoms.